The summed E-state index contributed by atoms with van der Waals surface area (Å²) >= 11 is 0. The van der Waals surface area contributed by atoms with Crippen LogP contribution in [0.1, 0.15) is 21.6 Å². The molecule has 0 unspecified atom stereocenters. The van der Waals surface area contributed by atoms with E-state index >= 15 is 0 Å². The molecular formula is C12H11NO4. The number of hydrogen-bond acceptors (Lipinski definition) is 4. The first-order valence-electron chi connectivity index (χ1n) is 4.99. The molecule has 2 N–H and O–H groups in total. The molecule has 5 heteroatoms. The molecule has 0 saturated carbocycles. The highest BCUT2D eigenvalue weighted by Gasteiger charge is 2.16. The van der Waals surface area contributed by atoms with Crippen molar-refractivity contribution in [3.05, 3.63) is 35.0 Å². The van der Waals surface area contributed by atoms with E-state index in [1.54, 1.807) is 6.07 Å². The fraction of sp³-hybridized carbons (Fsp3) is 0.167. The zero-order valence-corrected chi connectivity index (χ0v) is 9.39. The van der Waals surface area contributed by atoms with Crippen molar-refractivity contribution in [2.75, 3.05) is 0 Å². The molecule has 5 nitrogen and oxygen atoms in total. The van der Waals surface area contributed by atoms with Crippen molar-refractivity contribution in [2.24, 2.45) is 0 Å². The number of aromatic nitrogens is 1. The maximum atomic E-state index is 10.7. The summed E-state index contributed by atoms with van der Waals surface area (Å²) < 4.78 is 4.92. The monoisotopic (exact) mass is 233 g/mol. The number of carboxylic acids is 1. The second kappa shape index (κ2) is 3.93. The van der Waals surface area contributed by atoms with E-state index in [2.05, 4.69) is 5.16 Å². The highest BCUT2D eigenvalue weighted by atomic mass is 16.5. The standard InChI is InChI=1S/C12H11NO4/c1-6-3-7(2)11(9(14)4-6)10-5-8(12(15)16)13-17-10/h3-5,14H,1-2H3,(H,15,16). The lowest BCUT2D eigenvalue weighted by Crippen LogP contribution is -1.94. The van der Waals surface area contributed by atoms with Crippen molar-refractivity contribution in [3.63, 3.8) is 0 Å². The van der Waals surface area contributed by atoms with Crippen LogP contribution in [0.3, 0.4) is 0 Å². The summed E-state index contributed by atoms with van der Waals surface area (Å²) in [5.41, 5.74) is 2.01. The Kier molecular flexibility index (Phi) is 2.59. The number of benzene rings is 1. The minimum atomic E-state index is -1.16. The Labute approximate surface area is 97.3 Å². The van der Waals surface area contributed by atoms with Crippen LogP contribution in [0.2, 0.25) is 0 Å². The van der Waals surface area contributed by atoms with Gasteiger partial charge in [0.25, 0.3) is 0 Å². The average Bonchev–Trinajstić information content (AvgIpc) is 2.65. The van der Waals surface area contributed by atoms with E-state index < -0.39 is 5.97 Å². The summed E-state index contributed by atoms with van der Waals surface area (Å²) in [6.07, 6.45) is 0. The highest BCUT2D eigenvalue weighted by Crippen LogP contribution is 2.33. The van der Waals surface area contributed by atoms with Gasteiger partial charge in [0, 0.05) is 6.07 Å². The van der Waals surface area contributed by atoms with Gasteiger partial charge in [0.05, 0.1) is 5.56 Å². The van der Waals surface area contributed by atoms with Crippen molar-refractivity contribution in [2.45, 2.75) is 13.8 Å². The summed E-state index contributed by atoms with van der Waals surface area (Å²) in [5.74, 6) is -0.864. The Balaban J connectivity index is 2.56. The van der Waals surface area contributed by atoms with Crippen LogP contribution in [0.15, 0.2) is 22.7 Å². The molecule has 1 aromatic heterocycles. The number of aromatic carboxylic acids is 1. The zero-order valence-electron chi connectivity index (χ0n) is 9.39. The number of phenolic OH excluding ortho intramolecular Hbond substituents is 1. The molecule has 17 heavy (non-hydrogen) atoms. The molecule has 0 bridgehead atoms. The van der Waals surface area contributed by atoms with Crippen LogP contribution in [0.5, 0.6) is 5.75 Å². The molecule has 1 heterocycles. The largest absolute Gasteiger partial charge is 0.507 e. The lowest BCUT2D eigenvalue weighted by molar-refractivity contribution is 0.0686. The second-order valence-electron chi connectivity index (χ2n) is 3.86. The van der Waals surface area contributed by atoms with E-state index in [1.165, 1.54) is 6.07 Å². The first-order valence-corrected chi connectivity index (χ1v) is 4.99. The number of aryl methyl sites for hydroxylation is 2. The van der Waals surface area contributed by atoms with Gasteiger partial charge in [-0.15, -0.1) is 0 Å². The van der Waals surface area contributed by atoms with Crippen LogP contribution in [-0.2, 0) is 0 Å². The minimum absolute atomic E-state index is 0.0515. The summed E-state index contributed by atoms with van der Waals surface area (Å²) in [6.45, 7) is 3.67. The van der Waals surface area contributed by atoms with Gasteiger partial charge in [-0.05, 0) is 31.0 Å². The Morgan fingerprint density at radius 3 is 2.53 bits per heavy atom. The SMILES string of the molecule is Cc1cc(C)c(-c2cc(C(=O)O)no2)c(O)c1. The molecular weight excluding hydrogens is 222 g/mol. The molecule has 2 aromatic rings. The predicted octanol–water partition coefficient (Wildman–Crippen LogP) is 2.36. The van der Waals surface area contributed by atoms with Crippen molar-refractivity contribution >= 4 is 5.97 Å². The first kappa shape index (κ1) is 11.2. The Bertz CT molecular complexity index is 563. The normalized spacial score (nSPS) is 10.5. The molecule has 1 aromatic carbocycles. The third-order valence-corrected chi connectivity index (χ3v) is 2.43. The van der Waals surface area contributed by atoms with E-state index in [0.29, 0.717) is 5.56 Å². The zero-order chi connectivity index (χ0) is 12.6. The summed E-state index contributed by atoms with van der Waals surface area (Å²) in [4.78, 5) is 10.7. The number of carbonyl (C=O) groups is 1. The maximum absolute atomic E-state index is 10.7. The number of carboxylic acid groups (broad SMARTS) is 1. The van der Waals surface area contributed by atoms with Gasteiger partial charge in [0.15, 0.2) is 11.5 Å². The van der Waals surface area contributed by atoms with Crippen LogP contribution in [-0.4, -0.2) is 21.3 Å². The van der Waals surface area contributed by atoms with Crippen LogP contribution in [0.25, 0.3) is 11.3 Å². The number of nitrogens with zero attached hydrogens (tertiary/aromatic N) is 1. The van der Waals surface area contributed by atoms with Gasteiger partial charge < -0.3 is 14.7 Å². The average molecular weight is 233 g/mol. The fourth-order valence-electron chi connectivity index (χ4n) is 1.76. The number of hydrogen-bond donors (Lipinski definition) is 2. The number of rotatable bonds is 2. The van der Waals surface area contributed by atoms with E-state index in [0.717, 1.165) is 11.1 Å². The van der Waals surface area contributed by atoms with Crippen molar-refractivity contribution in [1.29, 1.82) is 0 Å². The van der Waals surface area contributed by atoms with Crippen LogP contribution in [0, 0.1) is 13.8 Å². The molecule has 0 aliphatic carbocycles. The van der Waals surface area contributed by atoms with Crippen LogP contribution in [0.4, 0.5) is 0 Å². The van der Waals surface area contributed by atoms with Crippen molar-refractivity contribution in [3.8, 4) is 17.1 Å². The fourth-order valence-corrected chi connectivity index (χ4v) is 1.76. The minimum Gasteiger partial charge on any atom is -0.507 e. The molecule has 0 fully saturated rings. The summed E-state index contributed by atoms with van der Waals surface area (Å²) in [5, 5.41) is 22.0. The molecule has 0 atom stereocenters. The van der Waals surface area contributed by atoms with Gasteiger partial charge in [0.1, 0.15) is 5.75 Å². The molecule has 0 amide bonds. The van der Waals surface area contributed by atoms with Gasteiger partial charge in [-0.2, -0.15) is 0 Å². The highest BCUT2D eigenvalue weighted by molar-refractivity contribution is 5.87. The van der Waals surface area contributed by atoms with Crippen LogP contribution < -0.4 is 0 Å². The molecule has 88 valence electrons. The summed E-state index contributed by atoms with van der Waals surface area (Å²) in [6, 6.07) is 4.75. The van der Waals surface area contributed by atoms with E-state index in [1.807, 2.05) is 19.9 Å². The van der Waals surface area contributed by atoms with E-state index in [9.17, 15) is 9.90 Å². The Hall–Kier alpha value is -2.30. The van der Waals surface area contributed by atoms with Crippen LogP contribution >= 0.6 is 0 Å². The summed E-state index contributed by atoms with van der Waals surface area (Å²) in [7, 11) is 0. The quantitative estimate of drug-likeness (QED) is 0.831. The maximum Gasteiger partial charge on any atom is 0.358 e. The second-order valence-corrected chi connectivity index (χ2v) is 3.86. The topological polar surface area (TPSA) is 83.6 Å². The van der Waals surface area contributed by atoms with E-state index in [4.69, 9.17) is 9.63 Å². The Morgan fingerprint density at radius 1 is 1.29 bits per heavy atom. The number of phenols is 1. The van der Waals surface area contributed by atoms with Gasteiger partial charge in [-0.25, -0.2) is 4.79 Å². The lowest BCUT2D eigenvalue weighted by Gasteiger charge is -2.06. The smallest absolute Gasteiger partial charge is 0.358 e. The third kappa shape index (κ3) is 1.99. The van der Waals surface area contributed by atoms with Crippen molar-refractivity contribution in [1.82, 2.24) is 5.16 Å². The molecule has 0 spiro atoms. The third-order valence-electron chi connectivity index (χ3n) is 2.43. The predicted molar refractivity (Wildman–Crippen MR) is 60.0 cm³/mol. The molecule has 0 radical (unpaired) electrons. The van der Waals surface area contributed by atoms with Gasteiger partial charge >= 0.3 is 5.97 Å². The molecule has 0 aliphatic rings. The van der Waals surface area contributed by atoms with E-state index in [-0.39, 0.29) is 17.2 Å². The molecule has 0 saturated heterocycles. The Morgan fingerprint density at radius 2 is 2.00 bits per heavy atom. The number of aromatic hydroxyl groups is 1. The van der Waals surface area contributed by atoms with Gasteiger partial charge in [-0.1, -0.05) is 11.2 Å². The lowest BCUT2D eigenvalue weighted by atomic mass is 10.0. The molecule has 2 rings (SSSR count). The first-order chi connectivity index (χ1) is 7.99. The van der Waals surface area contributed by atoms with Gasteiger partial charge in [0.2, 0.25) is 0 Å². The van der Waals surface area contributed by atoms with Gasteiger partial charge in [-0.3, -0.25) is 0 Å². The van der Waals surface area contributed by atoms with Crippen molar-refractivity contribution < 1.29 is 19.5 Å². The molecule has 0 aliphatic heterocycles.